The summed E-state index contributed by atoms with van der Waals surface area (Å²) in [5.74, 6) is 0.432. The highest BCUT2D eigenvalue weighted by molar-refractivity contribution is 6.35. The zero-order valence-electron chi connectivity index (χ0n) is 17.9. The van der Waals surface area contributed by atoms with Crippen LogP contribution in [0.2, 0.25) is 10.0 Å². The van der Waals surface area contributed by atoms with Gasteiger partial charge in [-0.2, -0.15) is 10.2 Å². The third-order valence-electron chi connectivity index (χ3n) is 5.78. The number of fused-ring (bicyclic) bond motifs is 1. The quantitative estimate of drug-likeness (QED) is 0.409. The van der Waals surface area contributed by atoms with Gasteiger partial charge in [0.2, 0.25) is 5.88 Å². The summed E-state index contributed by atoms with van der Waals surface area (Å²) in [6, 6.07) is 3.65. The number of hydrogen-bond acceptors (Lipinski definition) is 7. The normalized spacial score (nSPS) is 17.6. The zero-order chi connectivity index (χ0) is 22.9. The van der Waals surface area contributed by atoms with Crippen LogP contribution in [0.15, 0.2) is 36.9 Å². The van der Waals surface area contributed by atoms with Crippen LogP contribution in [0.3, 0.4) is 0 Å². The fraction of sp³-hybridized carbons (Fsp3) is 0.364. The molecule has 1 saturated heterocycles. The van der Waals surface area contributed by atoms with Crippen molar-refractivity contribution >= 4 is 34.2 Å². The lowest BCUT2D eigenvalue weighted by Crippen LogP contribution is -2.26. The van der Waals surface area contributed by atoms with E-state index in [1.165, 1.54) is 12.4 Å². The van der Waals surface area contributed by atoms with Crippen LogP contribution in [0.1, 0.15) is 25.0 Å². The molecule has 0 aromatic carbocycles. The Bertz CT molecular complexity index is 1250. The minimum Gasteiger partial charge on any atom is -0.470 e. The third kappa shape index (κ3) is 4.67. The Kier molecular flexibility index (Phi) is 6.20. The second-order valence-corrected chi connectivity index (χ2v) is 8.94. The number of aliphatic hydroxyl groups is 1. The summed E-state index contributed by atoms with van der Waals surface area (Å²) in [6.07, 6.45) is 7.01. The number of pyridine rings is 2. The first-order valence-electron chi connectivity index (χ1n) is 10.7. The molecule has 4 aromatic rings. The van der Waals surface area contributed by atoms with Gasteiger partial charge in [0.05, 0.1) is 34.4 Å². The minimum absolute atomic E-state index is 0.218. The van der Waals surface area contributed by atoms with Crippen LogP contribution in [0.4, 0.5) is 0 Å². The van der Waals surface area contributed by atoms with Gasteiger partial charge in [-0.15, -0.1) is 0 Å². The first-order valence-corrected chi connectivity index (χ1v) is 11.5. The van der Waals surface area contributed by atoms with Gasteiger partial charge in [-0.25, -0.2) is 4.98 Å². The molecule has 1 aliphatic heterocycles. The number of aromatic amines is 1. The van der Waals surface area contributed by atoms with Crippen LogP contribution in [-0.2, 0) is 6.54 Å². The molecule has 1 fully saturated rings. The fourth-order valence-electron chi connectivity index (χ4n) is 4.06. The van der Waals surface area contributed by atoms with Gasteiger partial charge in [0.1, 0.15) is 17.3 Å². The number of ether oxygens (including phenoxy) is 1. The van der Waals surface area contributed by atoms with E-state index >= 15 is 0 Å². The third-order valence-corrected chi connectivity index (χ3v) is 6.38. The number of rotatable bonds is 7. The second-order valence-electron chi connectivity index (χ2n) is 8.13. The molecule has 0 saturated carbocycles. The number of H-pyrrole nitrogens is 1. The van der Waals surface area contributed by atoms with Crippen LogP contribution in [0, 0.1) is 0 Å². The van der Waals surface area contributed by atoms with E-state index in [1.54, 1.807) is 12.3 Å². The van der Waals surface area contributed by atoms with Gasteiger partial charge < -0.3 is 9.84 Å². The SMILES string of the molecule is C[C@@H](Oc1ccc2[nH]nc(-c3cnn(CCN4CCC(O)C4)c3)c2n1)c1c(Cl)cncc1Cl. The Balaban J connectivity index is 1.34. The Morgan fingerprint density at radius 3 is 2.79 bits per heavy atom. The molecule has 2 N–H and O–H groups in total. The van der Waals surface area contributed by atoms with Crippen molar-refractivity contribution in [3.05, 3.63) is 52.5 Å². The molecule has 11 heteroatoms. The summed E-state index contributed by atoms with van der Waals surface area (Å²) in [7, 11) is 0. The average Bonchev–Trinajstić information content (AvgIpc) is 3.51. The second kappa shape index (κ2) is 9.26. The molecule has 0 radical (unpaired) electrons. The summed E-state index contributed by atoms with van der Waals surface area (Å²) in [4.78, 5) is 10.9. The summed E-state index contributed by atoms with van der Waals surface area (Å²) >= 11 is 12.5. The number of halogens is 2. The molecular formula is C22H23Cl2N7O2. The molecule has 9 nitrogen and oxygen atoms in total. The van der Waals surface area contributed by atoms with Gasteiger partial charge in [0, 0.05) is 55.4 Å². The van der Waals surface area contributed by atoms with Gasteiger partial charge in [0.25, 0.3) is 0 Å². The molecule has 172 valence electrons. The monoisotopic (exact) mass is 487 g/mol. The molecule has 4 aromatic heterocycles. The Morgan fingerprint density at radius 2 is 2.03 bits per heavy atom. The van der Waals surface area contributed by atoms with Crippen molar-refractivity contribution in [2.45, 2.75) is 32.1 Å². The number of aliphatic hydroxyl groups excluding tert-OH is 1. The van der Waals surface area contributed by atoms with E-state index in [0.29, 0.717) is 32.7 Å². The van der Waals surface area contributed by atoms with Crippen molar-refractivity contribution in [3.63, 3.8) is 0 Å². The number of β-amino-alcohol motifs (C(OH)–C–C–N with tert-alkyl or cyclic N) is 1. The van der Waals surface area contributed by atoms with Crippen LogP contribution in [-0.4, -0.2) is 65.7 Å². The maximum absolute atomic E-state index is 9.69. The number of likely N-dealkylation sites (tertiary alicyclic amines) is 1. The number of aromatic nitrogens is 6. The number of hydrogen-bond donors (Lipinski definition) is 2. The average molecular weight is 488 g/mol. The molecule has 2 atom stereocenters. The highest BCUT2D eigenvalue weighted by Gasteiger charge is 2.20. The minimum atomic E-state index is -0.417. The molecule has 33 heavy (non-hydrogen) atoms. The largest absolute Gasteiger partial charge is 0.470 e. The lowest BCUT2D eigenvalue weighted by molar-refractivity contribution is 0.174. The molecule has 0 aliphatic carbocycles. The van der Waals surface area contributed by atoms with E-state index in [9.17, 15) is 5.11 Å². The Morgan fingerprint density at radius 1 is 1.21 bits per heavy atom. The van der Waals surface area contributed by atoms with Crippen LogP contribution in [0.5, 0.6) is 5.88 Å². The van der Waals surface area contributed by atoms with E-state index in [-0.39, 0.29) is 6.10 Å². The standard InChI is InChI=1S/C22H23Cl2N7O2/c1-13(20-16(23)9-25-10-17(20)24)33-19-3-2-18-22(27-19)21(29-28-18)14-8-26-31(11-14)7-6-30-5-4-15(32)12-30/h2-3,8-11,13,15,32H,4-7,12H2,1H3,(H,28,29)/t13-,15?/m1/s1. The summed E-state index contributed by atoms with van der Waals surface area (Å²) < 4.78 is 7.93. The summed E-state index contributed by atoms with van der Waals surface area (Å²) in [5.41, 5.74) is 3.71. The Hall–Kier alpha value is -2.72. The zero-order valence-corrected chi connectivity index (χ0v) is 19.5. The first kappa shape index (κ1) is 22.1. The predicted molar refractivity (Wildman–Crippen MR) is 125 cm³/mol. The summed E-state index contributed by atoms with van der Waals surface area (Å²) in [6.45, 7) is 5.08. The first-order chi connectivity index (χ1) is 16.0. The highest BCUT2D eigenvalue weighted by atomic mass is 35.5. The maximum atomic E-state index is 9.69. The molecule has 1 unspecified atom stereocenters. The molecule has 5 rings (SSSR count). The molecule has 0 bridgehead atoms. The maximum Gasteiger partial charge on any atom is 0.214 e. The van der Waals surface area contributed by atoms with Crippen LogP contribution in [0.25, 0.3) is 22.3 Å². The lowest BCUT2D eigenvalue weighted by Gasteiger charge is -2.16. The predicted octanol–water partition coefficient (Wildman–Crippen LogP) is 3.73. The van der Waals surface area contributed by atoms with Crippen molar-refractivity contribution in [3.8, 4) is 17.1 Å². The van der Waals surface area contributed by atoms with E-state index < -0.39 is 6.10 Å². The van der Waals surface area contributed by atoms with Crippen molar-refractivity contribution < 1.29 is 9.84 Å². The smallest absolute Gasteiger partial charge is 0.214 e. The Labute approximate surface area is 200 Å². The van der Waals surface area contributed by atoms with E-state index in [1.807, 2.05) is 23.9 Å². The highest BCUT2D eigenvalue weighted by Crippen LogP contribution is 2.33. The molecule has 5 heterocycles. The molecule has 0 spiro atoms. The van der Waals surface area contributed by atoms with Gasteiger partial charge in [-0.05, 0) is 19.4 Å². The van der Waals surface area contributed by atoms with E-state index in [0.717, 1.165) is 43.7 Å². The van der Waals surface area contributed by atoms with Crippen molar-refractivity contribution in [2.75, 3.05) is 19.6 Å². The topological polar surface area (TPSA) is 105 Å². The van der Waals surface area contributed by atoms with Crippen LogP contribution >= 0.6 is 23.2 Å². The van der Waals surface area contributed by atoms with Gasteiger partial charge in [0.15, 0.2) is 0 Å². The van der Waals surface area contributed by atoms with E-state index in [2.05, 4.69) is 30.2 Å². The van der Waals surface area contributed by atoms with Crippen LogP contribution < -0.4 is 4.74 Å². The molecule has 0 amide bonds. The van der Waals surface area contributed by atoms with E-state index in [4.69, 9.17) is 27.9 Å². The molecule has 1 aliphatic rings. The van der Waals surface area contributed by atoms with Gasteiger partial charge >= 0.3 is 0 Å². The van der Waals surface area contributed by atoms with Crippen molar-refractivity contribution in [2.24, 2.45) is 0 Å². The summed E-state index contributed by atoms with van der Waals surface area (Å²) in [5, 5.41) is 22.5. The van der Waals surface area contributed by atoms with Gasteiger partial charge in [-0.3, -0.25) is 19.7 Å². The number of nitrogens with zero attached hydrogens (tertiary/aromatic N) is 6. The fourth-order valence-corrected chi connectivity index (χ4v) is 4.74. The lowest BCUT2D eigenvalue weighted by atomic mass is 10.2. The van der Waals surface area contributed by atoms with Crippen molar-refractivity contribution in [1.82, 2.24) is 34.8 Å². The van der Waals surface area contributed by atoms with Crippen molar-refractivity contribution in [1.29, 1.82) is 0 Å². The molecular weight excluding hydrogens is 465 g/mol. The number of nitrogens with one attached hydrogen (secondary N) is 1. The van der Waals surface area contributed by atoms with Gasteiger partial charge in [-0.1, -0.05) is 23.2 Å².